The van der Waals surface area contributed by atoms with Gasteiger partial charge in [-0.15, -0.1) is 5.10 Å². The molecule has 0 saturated heterocycles. The SMILES string of the molecule is CC(C)(C)OC(=O)n1nc(N)c2cc(Nc3c(NCc4cccc(O)c4)c(=O)c3=O)ccc21. The zero-order valence-electron chi connectivity index (χ0n) is 18.3. The highest BCUT2D eigenvalue weighted by Gasteiger charge is 2.23. The number of carbonyl (C=O) groups excluding carboxylic acids is 1. The summed E-state index contributed by atoms with van der Waals surface area (Å²) in [7, 11) is 0. The number of nitrogens with one attached hydrogen (secondary N) is 2. The molecule has 10 nitrogen and oxygen atoms in total. The van der Waals surface area contributed by atoms with E-state index in [4.69, 9.17) is 10.5 Å². The summed E-state index contributed by atoms with van der Waals surface area (Å²) in [5, 5.41) is 20.0. The molecule has 170 valence electrons. The molecule has 0 amide bonds. The third kappa shape index (κ3) is 4.36. The molecule has 0 fully saturated rings. The van der Waals surface area contributed by atoms with Crippen molar-refractivity contribution in [1.82, 2.24) is 9.78 Å². The molecule has 0 unspecified atom stereocenters. The summed E-state index contributed by atoms with van der Waals surface area (Å²) in [5.41, 5.74) is 5.98. The van der Waals surface area contributed by atoms with Crippen molar-refractivity contribution in [2.24, 2.45) is 0 Å². The number of aromatic hydroxyl groups is 1. The molecule has 4 rings (SSSR count). The van der Waals surface area contributed by atoms with Crippen molar-refractivity contribution in [2.75, 3.05) is 16.4 Å². The molecule has 33 heavy (non-hydrogen) atoms. The predicted octanol–water partition coefficient (Wildman–Crippen LogP) is 3.06. The minimum absolute atomic E-state index is 0.107. The predicted molar refractivity (Wildman–Crippen MR) is 126 cm³/mol. The summed E-state index contributed by atoms with van der Waals surface area (Å²) in [5.74, 6) is 0.224. The lowest BCUT2D eigenvalue weighted by Crippen LogP contribution is -2.36. The standard InChI is InChI=1S/C23H23N5O5/c1-23(2,3)33-22(32)28-16-8-7-13(10-15(16)21(24)27-28)26-18-17(19(30)20(18)31)25-11-12-5-4-6-14(29)9-12/h4-10,25-26,29H,11H2,1-3H3,(H2,24,27). The van der Waals surface area contributed by atoms with Crippen molar-refractivity contribution >= 4 is 39.9 Å². The van der Waals surface area contributed by atoms with Crippen LogP contribution in [0.3, 0.4) is 0 Å². The highest BCUT2D eigenvalue weighted by atomic mass is 16.6. The van der Waals surface area contributed by atoms with Gasteiger partial charge in [-0.3, -0.25) is 9.59 Å². The Morgan fingerprint density at radius 1 is 1.12 bits per heavy atom. The number of rotatable bonds is 5. The maximum atomic E-state index is 12.4. The second kappa shape index (κ2) is 7.97. The zero-order valence-corrected chi connectivity index (χ0v) is 18.3. The maximum absolute atomic E-state index is 12.4. The fraction of sp³-hybridized carbons (Fsp3) is 0.217. The molecule has 0 atom stereocenters. The maximum Gasteiger partial charge on any atom is 0.435 e. The average Bonchev–Trinajstić information content (AvgIpc) is 3.08. The zero-order chi connectivity index (χ0) is 23.9. The van der Waals surface area contributed by atoms with Gasteiger partial charge in [-0.05, 0) is 56.7 Å². The number of nitrogens with zero attached hydrogens (tertiary/aromatic N) is 2. The van der Waals surface area contributed by atoms with Gasteiger partial charge in [0.1, 0.15) is 22.7 Å². The van der Waals surface area contributed by atoms with E-state index < -0.39 is 22.6 Å². The van der Waals surface area contributed by atoms with Gasteiger partial charge in [0.25, 0.3) is 10.9 Å². The normalized spacial score (nSPS) is 11.6. The van der Waals surface area contributed by atoms with Gasteiger partial charge in [0.2, 0.25) is 0 Å². The number of hydrogen-bond acceptors (Lipinski definition) is 9. The van der Waals surface area contributed by atoms with E-state index in [-0.39, 0.29) is 29.5 Å². The summed E-state index contributed by atoms with van der Waals surface area (Å²) >= 11 is 0. The number of fused-ring (bicyclic) bond motifs is 1. The first-order chi connectivity index (χ1) is 15.5. The van der Waals surface area contributed by atoms with Crippen LogP contribution in [0.15, 0.2) is 52.1 Å². The Hall–Kier alpha value is -4.34. The molecule has 0 radical (unpaired) electrons. The van der Waals surface area contributed by atoms with E-state index >= 15 is 0 Å². The molecule has 3 aromatic carbocycles. The van der Waals surface area contributed by atoms with E-state index in [0.29, 0.717) is 16.6 Å². The number of nitrogens with two attached hydrogens (primary N) is 1. The Balaban J connectivity index is 1.57. The van der Waals surface area contributed by atoms with Crippen molar-refractivity contribution < 1.29 is 14.6 Å². The van der Waals surface area contributed by atoms with Crippen molar-refractivity contribution in [3.8, 4) is 5.75 Å². The number of phenols is 1. The third-order valence-corrected chi connectivity index (χ3v) is 4.83. The lowest BCUT2D eigenvalue weighted by Gasteiger charge is -2.19. The molecule has 10 heteroatoms. The van der Waals surface area contributed by atoms with Gasteiger partial charge in [-0.2, -0.15) is 4.68 Å². The quantitative estimate of drug-likeness (QED) is 0.337. The lowest BCUT2D eigenvalue weighted by atomic mass is 10.1. The molecule has 0 saturated carbocycles. The van der Waals surface area contributed by atoms with Crippen molar-refractivity contribution in [3.05, 3.63) is 68.5 Å². The van der Waals surface area contributed by atoms with E-state index in [0.717, 1.165) is 10.2 Å². The molecule has 1 aromatic heterocycles. The smallest absolute Gasteiger partial charge is 0.435 e. The van der Waals surface area contributed by atoms with Crippen LogP contribution in [-0.2, 0) is 11.3 Å². The van der Waals surface area contributed by atoms with Gasteiger partial charge in [-0.1, -0.05) is 12.1 Å². The van der Waals surface area contributed by atoms with Crippen LogP contribution in [0.1, 0.15) is 26.3 Å². The number of hydrogen-bond donors (Lipinski definition) is 4. The van der Waals surface area contributed by atoms with Gasteiger partial charge in [0.05, 0.1) is 5.52 Å². The summed E-state index contributed by atoms with van der Waals surface area (Å²) < 4.78 is 6.44. The number of phenolic OH excluding ortho intramolecular Hbond substituents is 1. The van der Waals surface area contributed by atoms with Crippen LogP contribution in [0.4, 0.5) is 27.7 Å². The third-order valence-electron chi connectivity index (χ3n) is 4.83. The molecular formula is C23H23N5O5. The summed E-state index contributed by atoms with van der Waals surface area (Å²) in [6, 6.07) is 11.5. The van der Waals surface area contributed by atoms with E-state index in [2.05, 4.69) is 15.7 Å². The van der Waals surface area contributed by atoms with E-state index in [1.807, 2.05) is 0 Å². The molecule has 0 aliphatic rings. The molecule has 5 N–H and O–H groups in total. The Morgan fingerprint density at radius 3 is 2.55 bits per heavy atom. The van der Waals surface area contributed by atoms with Gasteiger partial charge < -0.3 is 26.2 Å². The van der Waals surface area contributed by atoms with Gasteiger partial charge in [0, 0.05) is 17.6 Å². The fourth-order valence-corrected chi connectivity index (χ4v) is 3.34. The van der Waals surface area contributed by atoms with E-state index in [1.165, 1.54) is 0 Å². The topological polar surface area (TPSA) is 149 Å². The first-order valence-electron chi connectivity index (χ1n) is 10.2. The average molecular weight is 449 g/mol. The highest BCUT2D eigenvalue weighted by molar-refractivity contribution is 5.97. The number of carbonyl (C=O) groups is 1. The number of aromatic nitrogens is 2. The van der Waals surface area contributed by atoms with Crippen LogP contribution < -0.4 is 27.2 Å². The van der Waals surface area contributed by atoms with Crippen LogP contribution in [0.25, 0.3) is 10.9 Å². The lowest BCUT2D eigenvalue weighted by molar-refractivity contribution is 0.0523. The monoisotopic (exact) mass is 449 g/mol. The summed E-state index contributed by atoms with van der Waals surface area (Å²) in [4.78, 5) is 36.6. The molecular weight excluding hydrogens is 426 g/mol. The molecule has 0 aliphatic heterocycles. The number of nitrogen functional groups attached to an aromatic ring is 1. The Bertz CT molecular complexity index is 1440. The van der Waals surface area contributed by atoms with Gasteiger partial charge in [0.15, 0.2) is 5.82 Å². The van der Waals surface area contributed by atoms with Crippen molar-refractivity contribution in [2.45, 2.75) is 32.9 Å². The number of ether oxygens (including phenoxy) is 1. The number of benzene rings is 2. The molecule has 0 bridgehead atoms. The van der Waals surface area contributed by atoms with Crippen LogP contribution in [0.2, 0.25) is 0 Å². The second-order valence-electron chi connectivity index (χ2n) is 8.57. The minimum atomic E-state index is -0.697. The fourth-order valence-electron chi connectivity index (χ4n) is 3.34. The van der Waals surface area contributed by atoms with Crippen LogP contribution in [0.5, 0.6) is 5.75 Å². The van der Waals surface area contributed by atoms with Gasteiger partial charge in [-0.25, -0.2) is 4.79 Å². The molecule has 0 spiro atoms. The summed E-state index contributed by atoms with van der Waals surface area (Å²) in [6.07, 6.45) is -0.661. The Kier molecular flexibility index (Phi) is 5.28. The van der Waals surface area contributed by atoms with Crippen LogP contribution in [-0.4, -0.2) is 26.6 Å². The van der Waals surface area contributed by atoms with Crippen LogP contribution in [0, 0.1) is 0 Å². The highest BCUT2D eigenvalue weighted by Crippen LogP contribution is 2.28. The first-order valence-corrected chi connectivity index (χ1v) is 10.2. The van der Waals surface area contributed by atoms with Crippen LogP contribution >= 0.6 is 0 Å². The largest absolute Gasteiger partial charge is 0.508 e. The minimum Gasteiger partial charge on any atom is -0.508 e. The van der Waals surface area contributed by atoms with E-state index in [1.54, 1.807) is 63.2 Å². The molecule has 4 aromatic rings. The Labute approximate surface area is 188 Å². The van der Waals surface area contributed by atoms with Crippen molar-refractivity contribution in [3.63, 3.8) is 0 Å². The first kappa shape index (κ1) is 21.9. The van der Waals surface area contributed by atoms with E-state index in [9.17, 15) is 19.5 Å². The number of anilines is 4. The molecule has 1 heterocycles. The van der Waals surface area contributed by atoms with Crippen molar-refractivity contribution in [1.29, 1.82) is 0 Å². The summed E-state index contributed by atoms with van der Waals surface area (Å²) in [6.45, 7) is 5.50. The Morgan fingerprint density at radius 2 is 1.85 bits per heavy atom. The van der Waals surface area contributed by atoms with Gasteiger partial charge >= 0.3 is 6.09 Å². The second-order valence-corrected chi connectivity index (χ2v) is 8.57. The molecule has 0 aliphatic carbocycles.